The fourth-order valence-corrected chi connectivity index (χ4v) is 2.16. The Labute approximate surface area is 102 Å². The minimum atomic E-state index is -0.0471. The summed E-state index contributed by atoms with van der Waals surface area (Å²) in [6, 6.07) is 9.98. The number of allylic oxidation sites excluding steroid dienone is 1. The van der Waals surface area contributed by atoms with E-state index in [9.17, 15) is 4.79 Å². The number of benzene rings is 1. The summed E-state index contributed by atoms with van der Waals surface area (Å²) in [6.07, 6.45) is 1.98. The largest absolute Gasteiger partial charge is 0.490 e. The molecule has 0 spiro atoms. The molecule has 1 heterocycles. The molecule has 0 saturated heterocycles. The molecule has 2 heteroatoms. The molecule has 0 saturated carbocycles. The first kappa shape index (κ1) is 11.6. The molecule has 1 atom stereocenters. The van der Waals surface area contributed by atoms with Crippen LogP contribution in [0.25, 0.3) is 6.08 Å². The van der Waals surface area contributed by atoms with E-state index in [1.54, 1.807) is 6.92 Å². The third-order valence-corrected chi connectivity index (χ3v) is 2.91. The second kappa shape index (κ2) is 4.58. The van der Waals surface area contributed by atoms with Gasteiger partial charge < -0.3 is 4.74 Å². The Morgan fingerprint density at radius 1 is 1.29 bits per heavy atom. The molecular weight excluding hydrogens is 212 g/mol. The van der Waals surface area contributed by atoms with Crippen LogP contribution in [-0.2, 0) is 9.53 Å². The van der Waals surface area contributed by atoms with Crippen LogP contribution in [-0.4, -0.2) is 11.9 Å². The van der Waals surface area contributed by atoms with E-state index in [1.807, 2.05) is 50.3 Å². The van der Waals surface area contributed by atoms with Gasteiger partial charge in [0, 0.05) is 5.57 Å². The van der Waals surface area contributed by atoms with Crippen LogP contribution in [0.4, 0.5) is 0 Å². The zero-order valence-electron chi connectivity index (χ0n) is 10.4. The minimum absolute atomic E-state index is 0.0471. The van der Waals surface area contributed by atoms with Crippen molar-refractivity contribution in [3.05, 3.63) is 52.8 Å². The van der Waals surface area contributed by atoms with E-state index < -0.39 is 0 Å². The molecule has 0 aliphatic carbocycles. The summed E-state index contributed by atoms with van der Waals surface area (Å²) >= 11 is 0. The average molecular weight is 228 g/mol. The van der Waals surface area contributed by atoms with E-state index in [0.29, 0.717) is 0 Å². The molecule has 0 aromatic heterocycles. The zero-order chi connectivity index (χ0) is 12.4. The molecule has 1 aromatic rings. The lowest BCUT2D eigenvalue weighted by molar-refractivity contribution is -0.113. The Balaban J connectivity index is 2.44. The highest BCUT2D eigenvalue weighted by Gasteiger charge is 2.28. The summed E-state index contributed by atoms with van der Waals surface area (Å²) in [6.45, 7) is 5.40. The number of ketones is 1. The van der Waals surface area contributed by atoms with Crippen LogP contribution in [0, 0.1) is 0 Å². The molecule has 88 valence electrons. The van der Waals surface area contributed by atoms with Gasteiger partial charge in [0.1, 0.15) is 11.9 Å². The van der Waals surface area contributed by atoms with Gasteiger partial charge in [0.25, 0.3) is 0 Å². The fraction of sp³-hybridized carbons (Fsp3) is 0.267. The highest BCUT2D eigenvalue weighted by Crippen LogP contribution is 2.32. The van der Waals surface area contributed by atoms with Crippen molar-refractivity contribution in [1.29, 1.82) is 0 Å². The number of hydrogen-bond donors (Lipinski definition) is 0. The molecule has 1 aromatic carbocycles. The molecule has 17 heavy (non-hydrogen) atoms. The Hall–Kier alpha value is -1.83. The summed E-state index contributed by atoms with van der Waals surface area (Å²) in [7, 11) is 0. The molecule has 0 fully saturated rings. The van der Waals surface area contributed by atoms with Gasteiger partial charge in [-0.05, 0) is 32.4 Å². The SMILES string of the molecule is CC(=O)C1=C(C)OC(C)/C1=C/c1ccccc1. The van der Waals surface area contributed by atoms with Gasteiger partial charge in [-0.15, -0.1) is 0 Å². The zero-order valence-corrected chi connectivity index (χ0v) is 10.4. The Morgan fingerprint density at radius 2 is 1.94 bits per heavy atom. The second-order valence-electron chi connectivity index (χ2n) is 4.26. The predicted molar refractivity (Wildman–Crippen MR) is 68.3 cm³/mol. The van der Waals surface area contributed by atoms with Crippen molar-refractivity contribution in [2.45, 2.75) is 26.9 Å². The second-order valence-corrected chi connectivity index (χ2v) is 4.26. The topological polar surface area (TPSA) is 26.3 Å². The third-order valence-electron chi connectivity index (χ3n) is 2.91. The highest BCUT2D eigenvalue weighted by molar-refractivity contribution is 6.00. The first-order valence-electron chi connectivity index (χ1n) is 5.75. The Kier molecular flexibility index (Phi) is 3.14. The van der Waals surface area contributed by atoms with Crippen molar-refractivity contribution in [3.63, 3.8) is 0 Å². The van der Waals surface area contributed by atoms with Crippen LogP contribution in [0.1, 0.15) is 26.3 Å². The number of ether oxygens (including phenoxy) is 1. The quantitative estimate of drug-likeness (QED) is 0.776. The molecule has 1 aliphatic rings. The first-order chi connectivity index (χ1) is 8.09. The lowest BCUT2D eigenvalue weighted by atomic mass is 9.97. The van der Waals surface area contributed by atoms with Gasteiger partial charge in [0.2, 0.25) is 0 Å². The standard InChI is InChI=1S/C15H16O2/c1-10(16)15-12(3)17-11(2)14(15)9-13-7-5-4-6-8-13/h4-9,11H,1-3H3/b14-9-. The summed E-state index contributed by atoms with van der Waals surface area (Å²) in [5, 5.41) is 0. The van der Waals surface area contributed by atoms with E-state index in [0.717, 1.165) is 22.5 Å². The molecular formula is C15H16O2. The molecule has 2 nitrogen and oxygen atoms in total. The van der Waals surface area contributed by atoms with Gasteiger partial charge in [-0.25, -0.2) is 0 Å². The normalized spacial score (nSPS) is 21.8. The van der Waals surface area contributed by atoms with Gasteiger partial charge in [-0.3, -0.25) is 4.79 Å². The number of carbonyl (C=O) groups excluding carboxylic acids is 1. The molecule has 1 unspecified atom stereocenters. The van der Waals surface area contributed by atoms with Crippen LogP contribution in [0.3, 0.4) is 0 Å². The van der Waals surface area contributed by atoms with Crippen molar-refractivity contribution in [3.8, 4) is 0 Å². The lowest BCUT2D eigenvalue weighted by Gasteiger charge is -2.07. The van der Waals surface area contributed by atoms with Gasteiger partial charge >= 0.3 is 0 Å². The molecule has 0 bridgehead atoms. The van der Waals surface area contributed by atoms with E-state index in [1.165, 1.54) is 0 Å². The fourth-order valence-electron chi connectivity index (χ4n) is 2.16. The molecule has 2 rings (SSSR count). The minimum Gasteiger partial charge on any atom is -0.490 e. The van der Waals surface area contributed by atoms with Crippen molar-refractivity contribution in [2.24, 2.45) is 0 Å². The van der Waals surface area contributed by atoms with Gasteiger partial charge in [-0.1, -0.05) is 30.3 Å². The molecule has 0 N–H and O–H groups in total. The lowest BCUT2D eigenvalue weighted by Crippen LogP contribution is -2.06. The van der Waals surface area contributed by atoms with Gasteiger partial charge in [0.05, 0.1) is 5.57 Å². The van der Waals surface area contributed by atoms with Crippen LogP contribution < -0.4 is 0 Å². The monoisotopic (exact) mass is 228 g/mol. The van der Waals surface area contributed by atoms with Crippen LogP contribution >= 0.6 is 0 Å². The van der Waals surface area contributed by atoms with Crippen LogP contribution in [0.5, 0.6) is 0 Å². The summed E-state index contributed by atoms with van der Waals surface area (Å²) < 4.78 is 5.61. The maximum Gasteiger partial charge on any atom is 0.163 e. The Bertz CT molecular complexity index is 495. The van der Waals surface area contributed by atoms with Crippen LogP contribution in [0.15, 0.2) is 47.2 Å². The van der Waals surface area contributed by atoms with Gasteiger partial charge in [-0.2, -0.15) is 0 Å². The third kappa shape index (κ3) is 2.31. The van der Waals surface area contributed by atoms with Crippen molar-refractivity contribution < 1.29 is 9.53 Å². The summed E-state index contributed by atoms with van der Waals surface area (Å²) in [5.74, 6) is 0.793. The summed E-state index contributed by atoms with van der Waals surface area (Å²) in [5.41, 5.74) is 2.79. The van der Waals surface area contributed by atoms with Crippen LogP contribution in [0.2, 0.25) is 0 Å². The molecule has 0 radical (unpaired) electrons. The van der Waals surface area contributed by atoms with E-state index in [-0.39, 0.29) is 11.9 Å². The molecule has 1 aliphatic heterocycles. The maximum atomic E-state index is 11.6. The van der Waals surface area contributed by atoms with Crippen molar-refractivity contribution in [1.82, 2.24) is 0 Å². The number of carbonyl (C=O) groups is 1. The number of hydrogen-bond acceptors (Lipinski definition) is 2. The smallest absolute Gasteiger partial charge is 0.163 e. The van der Waals surface area contributed by atoms with Crippen molar-refractivity contribution >= 4 is 11.9 Å². The van der Waals surface area contributed by atoms with E-state index >= 15 is 0 Å². The van der Waals surface area contributed by atoms with E-state index in [4.69, 9.17) is 4.74 Å². The summed E-state index contributed by atoms with van der Waals surface area (Å²) in [4.78, 5) is 11.6. The highest BCUT2D eigenvalue weighted by atomic mass is 16.5. The number of rotatable bonds is 2. The first-order valence-corrected chi connectivity index (χ1v) is 5.75. The maximum absolute atomic E-state index is 11.6. The van der Waals surface area contributed by atoms with E-state index in [2.05, 4.69) is 0 Å². The average Bonchev–Trinajstić information content (AvgIpc) is 2.55. The Morgan fingerprint density at radius 3 is 2.53 bits per heavy atom. The molecule has 0 amide bonds. The predicted octanol–water partition coefficient (Wildman–Crippen LogP) is 3.35. The van der Waals surface area contributed by atoms with Gasteiger partial charge in [0.15, 0.2) is 5.78 Å². The number of Topliss-reactive ketones (excluding diaryl/α,β-unsaturated/α-hetero) is 1. The van der Waals surface area contributed by atoms with Crippen molar-refractivity contribution in [2.75, 3.05) is 0 Å².